The Morgan fingerprint density at radius 1 is 1.24 bits per heavy atom. The van der Waals surface area contributed by atoms with E-state index in [0.29, 0.717) is 24.1 Å². The van der Waals surface area contributed by atoms with Gasteiger partial charge in [-0.3, -0.25) is 14.9 Å². The van der Waals surface area contributed by atoms with Crippen LogP contribution < -0.4 is 20.9 Å². The number of benzene rings is 1. The first-order valence-electron chi connectivity index (χ1n) is 9.67. The molecule has 3 heterocycles. The van der Waals surface area contributed by atoms with E-state index in [9.17, 15) is 14.4 Å². The summed E-state index contributed by atoms with van der Waals surface area (Å²) >= 11 is 1.66. The minimum absolute atomic E-state index is 0.184. The van der Waals surface area contributed by atoms with E-state index in [-0.39, 0.29) is 5.91 Å². The highest BCUT2D eigenvalue weighted by atomic mass is 32.1. The van der Waals surface area contributed by atoms with Gasteiger partial charge in [-0.1, -0.05) is 12.1 Å². The highest BCUT2D eigenvalue weighted by molar-refractivity contribution is 7.13. The Balaban J connectivity index is 1.31. The standard InChI is InChI=1S/C20H23N5O3S/c1-20(17(27)23-18(28)24-20)14-6-4-13(5-7-14)16(26)21-9-8-15-12-29-19(22-15)25-10-2-3-11-25/h4-7,12H,2-3,8-11H2,1H3,(H,21,26)(H2,23,24,27,28). The van der Waals surface area contributed by atoms with E-state index in [2.05, 4.69) is 31.2 Å². The first-order chi connectivity index (χ1) is 14.0. The summed E-state index contributed by atoms with van der Waals surface area (Å²) in [6.45, 7) is 4.28. The van der Waals surface area contributed by atoms with Crippen molar-refractivity contribution >= 4 is 34.3 Å². The third-order valence-electron chi connectivity index (χ3n) is 5.35. The number of hydrogen-bond donors (Lipinski definition) is 3. The van der Waals surface area contributed by atoms with Crippen LogP contribution in [0.15, 0.2) is 29.6 Å². The van der Waals surface area contributed by atoms with Gasteiger partial charge in [-0.25, -0.2) is 9.78 Å². The van der Waals surface area contributed by atoms with E-state index < -0.39 is 17.5 Å². The summed E-state index contributed by atoms with van der Waals surface area (Å²) in [7, 11) is 0. The van der Waals surface area contributed by atoms with E-state index in [1.54, 1.807) is 42.5 Å². The molecule has 152 valence electrons. The van der Waals surface area contributed by atoms with Gasteiger partial charge in [0, 0.05) is 37.0 Å². The Morgan fingerprint density at radius 2 is 1.97 bits per heavy atom. The summed E-state index contributed by atoms with van der Waals surface area (Å²) in [6, 6.07) is 6.16. The van der Waals surface area contributed by atoms with E-state index >= 15 is 0 Å². The number of urea groups is 1. The maximum Gasteiger partial charge on any atom is 0.322 e. The van der Waals surface area contributed by atoms with Crippen molar-refractivity contribution in [3.8, 4) is 0 Å². The summed E-state index contributed by atoms with van der Waals surface area (Å²) < 4.78 is 0. The van der Waals surface area contributed by atoms with E-state index in [1.807, 2.05) is 0 Å². The van der Waals surface area contributed by atoms with Crippen molar-refractivity contribution in [3.63, 3.8) is 0 Å². The van der Waals surface area contributed by atoms with Crippen LogP contribution in [-0.2, 0) is 16.8 Å². The molecule has 1 aromatic carbocycles. The summed E-state index contributed by atoms with van der Waals surface area (Å²) in [5.41, 5.74) is 0.986. The molecule has 9 heteroatoms. The largest absolute Gasteiger partial charge is 0.352 e. The van der Waals surface area contributed by atoms with Gasteiger partial charge in [0.15, 0.2) is 5.13 Å². The summed E-state index contributed by atoms with van der Waals surface area (Å²) in [5.74, 6) is -0.590. The molecular formula is C20H23N5O3S. The number of nitrogens with zero attached hydrogens (tertiary/aromatic N) is 2. The monoisotopic (exact) mass is 413 g/mol. The van der Waals surface area contributed by atoms with E-state index in [0.717, 1.165) is 23.9 Å². The van der Waals surface area contributed by atoms with Crippen LogP contribution in [0.25, 0.3) is 0 Å². The van der Waals surface area contributed by atoms with Crippen molar-refractivity contribution in [1.29, 1.82) is 0 Å². The zero-order valence-corrected chi connectivity index (χ0v) is 17.0. The first-order valence-corrected chi connectivity index (χ1v) is 10.6. The van der Waals surface area contributed by atoms with Crippen LogP contribution in [-0.4, -0.2) is 42.5 Å². The smallest absolute Gasteiger partial charge is 0.322 e. The quantitative estimate of drug-likeness (QED) is 0.627. The minimum atomic E-state index is -1.12. The second kappa shape index (κ2) is 7.82. The molecule has 0 bridgehead atoms. The van der Waals surface area contributed by atoms with Gasteiger partial charge in [-0.05, 0) is 37.5 Å². The normalized spacial score (nSPS) is 21.2. The molecule has 2 saturated heterocycles. The van der Waals surface area contributed by atoms with Gasteiger partial charge in [0.25, 0.3) is 11.8 Å². The Hall–Kier alpha value is -2.94. The molecule has 0 saturated carbocycles. The Kier molecular flexibility index (Phi) is 5.23. The van der Waals surface area contributed by atoms with Crippen LogP contribution in [0.1, 0.15) is 41.4 Å². The Labute approximate surface area is 172 Å². The van der Waals surface area contributed by atoms with Crippen LogP contribution in [0.3, 0.4) is 0 Å². The number of nitrogens with one attached hydrogen (secondary N) is 3. The van der Waals surface area contributed by atoms with Crippen LogP contribution in [0.2, 0.25) is 0 Å². The molecule has 1 atom stereocenters. The molecular weight excluding hydrogens is 390 g/mol. The van der Waals surface area contributed by atoms with Crippen LogP contribution in [0.4, 0.5) is 9.93 Å². The number of aromatic nitrogens is 1. The molecule has 2 aliphatic rings. The van der Waals surface area contributed by atoms with E-state index in [1.165, 1.54) is 12.8 Å². The van der Waals surface area contributed by atoms with Crippen LogP contribution >= 0.6 is 11.3 Å². The molecule has 29 heavy (non-hydrogen) atoms. The van der Waals surface area contributed by atoms with Gasteiger partial charge in [-0.2, -0.15) is 0 Å². The second-order valence-corrected chi connectivity index (χ2v) is 8.27. The number of amides is 4. The average Bonchev–Trinajstić information content (AvgIpc) is 3.43. The molecule has 0 spiro atoms. The Bertz CT molecular complexity index is 936. The van der Waals surface area contributed by atoms with Crippen molar-refractivity contribution in [2.75, 3.05) is 24.5 Å². The number of hydrogen-bond acceptors (Lipinski definition) is 6. The lowest BCUT2D eigenvalue weighted by Gasteiger charge is -2.21. The summed E-state index contributed by atoms with van der Waals surface area (Å²) in [5, 5.41) is 10.9. The zero-order valence-electron chi connectivity index (χ0n) is 16.2. The molecule has 4 amide bonds. The van der Waals surface area contributed by atoms with Crippen molar-refractivity contribution in [1.82, 2.24) is 20.9 Å². The maximum atomic E-state index is 12.4. The topological polar surface area (TPSA) is 103 Å². The minimum Gasteiger partial charge on any atom is -0.352 e. The molecule has 1 aromatic heterocycles. The molecule has 2 aliphatic heterocycles. The third kappa shape index (κ3) is 3.95. The van der Waals surface area contributed by atoms with Crippen molar-refractivity contribution in [2.45, 2.75) is 31.7 Å². The number of thiazole rings is 1. The molecule has 0 aliphatic carbocycles. The Morgan fingerprint density at radius 3 is 2.62 bits per heavy atom. The molecule has 3 N–H and O–H groups in total. The number of carbonyl (C=O) groups excluding carboxylic acids is 3. The van der Waals surface area contributed by atoms with Gasteiger partial charge in [0.1, 0.15) is 5.54 Å². The highest BCUT2D eigenvalue weighted by Gasteiger charge is 2.43. The van der Waals surface area contributed by atoms with Gasteiger partial charge in [0.2, 0.25) is 0 Å². The first kappa shape index (κ1) is 19.4. The average molecular weight is 414 g/mol. The highest BCUT2D eigenvalue weighted by Crippen LogP contribution is 2.25. The number of carbonyl (C=O) groups is 3. The predicted molar refractivity (Wildman–Crippen MR) is 110 cm³/mol. The van der Waals surface area contributed by atoms with Gasteiger partial charge < -0.3 is 15.5 Å². The van der Waals surface area contributed by atoms with Crippen molar-refractivity contribution < 1.29 is 14.4 Å². The lowest BCUT2D eigenvalue weighted by atomic mass is 9.91. The number of imide groups is 1. The lowest BCUT2D eigenvalue weighted by molar-refractivity contribution is -0.123. The third-order valence-corrected chi connectivity index (χ3v) is 6.30. The fraction of sp³-hybridized carbons (Fsp3) is 0.400. The molecule has 2 aromatic rings. The van der Waals surface area contributed by atoms with E-state index in [4.69, 9.17) is 0 Å². The van der Waals surface area contributed by atoms with Crippen molar-refractivity contribution in [3.05, 3.63) is 46.5 Å². The molecule has 4 rings (SSSR count). The van der Waals surface area contributed by atoms with Crippen LogP contribution in [0.5, 0.6) is 0 Å². The fourth-order valence-corrected chi connectivity index (χ4v) is 4.49. The zero-order chi connectivity index (χ0) is 20.4. The predicted octanol–water partition coefficient (Wildman–Crippen LogP) is 1.77. The number of anilines is 1. The molecule has 0 radical (unpaired) electrons. The molecule has 2 fully saturated rings. The van der Waals surface area contributed by atoms with Gasteiger partial charge in [0.05, 0.1) is 5.69 Å². The fourth-order valence-electron chi connectivity index (χ4n) is 3.57. The maximum absolute atomic E-state index is 12.4. The number of rotatable bonds is 6. The lowest BCUT2D eigenvalue weighted by Crippen LogP contribution is -2.40. The second-order valence-electron chi connectivity index (χ2n) is 7.43. The van der Waals surface area contributed by atoms with Gasteiger partial charge >= 0.3 is 6.03 Å². The summed E-state index contributed by atoms with van der Waals surface area (Å²) in [6.07, 6.45) is 3.12. The van der Waals surface area contributed by atoms with Crippen LogP contribution in [0, 0.1) is 0 Å². The molecule has 8 nitrogen and oxygen atoms in total. The summed E-state index contributed by atoms with van der Waals surface area (Å²) in [4.78, 5) is 42.8. The SMILES string of the molecule is CC1(c2ccc(C(=O)NCCc3csc(N4CCCC4)n3)cc2)NC(=O)NC1=O. The van der Waals surface area contributed by atoms with Gasteiger partial charge in [-0.15, -0.1) is 11.3 Å². The molecule has 1 unspecified atom stereocenters. The van der Waals surface area contributed by atoms with Crippen molar-refractivity contribution in [2.24, 2.45) is 0 Å².